The Balaban J connectivity index is 2.19. The van der Waals surface area contributed by atoms with Crippen LogP contribution in [-0.4, -0.2) is 42.9 Å². The second-order valence-electron chi connectivity index (χ2n) is 4.10. The molecule has 1 aromatic rings. The third kappa shape index (κ3) is 3.38. The van der Waals surface area contributed by atoms with E-state index in [0.717, 1.165) is 0 Å². The first-order valence-corrected chi connectivity index (χ1v) is 6.27. The lowest BCUT2D eigenvalue weighted by molar-refractivity contribution is -0.142. The molecule has 0 bridgehead atoms. The van der Waals surface area contributed by atoms with Crippen molar-refractivity contribution in [2.45, 2.75) is 6.10 Å². The second kappa shape index (κ2) is 6.56. The number of ether oxygens (including phenoxy) is 2. The molecule has 1 fully saturated rings. The van der Waals surface area contributed by atoms with Crippen molar-refractivity contribution < 1.29 is 19.5 Å². The van der Waals surface area contributed by atoms with Crippen molar-refractivity contribution in [3.8, 4) is 0 Å². The van der Waals surface area contributed by atoms with Crippen LogP contribution in [0.2, 0.25) is 5.02 Å². The summed E-state index contributed by atoms with van der Waals surface area (Å²) in [5.41, 5.74) is 6.25. The third-order valence-electron chi connectivity index (χ3n) is 2.73. The molecular formula is C12H14ClN3O4. The van der Waals surface area contributed by atoms with Crippen molar-refractivity contribution >= 4 is 29.0 Å². The SMILES string of the molecule is NC(=NO)c1ccc(Cl)cc1NC(=O)C1COCCO1. The first kappa shape index (κ1) is 14.6. The summed E-state index contributed by atoms with van der Waals surface area (Å²) in [5, 5.41) is 14.7. The molecule has 1 aliphatic rings. The molecule has 1 atom stereocenters. The van der Waals surface area contributed by atoms with Gasteiger partial charge in [-0.15, -0.1) is 0 Å². The van der Waals surface area contributed by atoms with Crippen LogP contribution >= 0.6 is 11.6 Å². The normalized spacial score (nSPS) is 19.6. The van der Waals surface area contributed by atoms with Gasteiger partial charge in [0.15, 0.2) is 11.9 Å². The Bertz CT molecular complexity index is 529. The highest BCUT2D eigenvalue weighted by Crippen LogP contribution is 2.21. The first-order chi connectivity index (χ1) is 9.61. The molecule has 108 valence electrons. The summed E-state index contributed by atoms with van der Waals surface area (Å²) in [6.07, 6.45) is -0.692. The van der Waals surface area contributed by atoms with Gasteiger partial charge in [-0.25, -0.2) is 0 Å². The van der Waals surface area contributed by atoms with Crippen LogP contribution in [0.25, 0.3) is 0 Å². The van der Waals surface area contributed by atoms with E-state index in [2.05, 4.69) is 10.5 Å². The third-order valence-corrected chi connectivity index (χ3v) is 2.97. The Morgan fingerprint density at radius 1 is 1.50 bits per heavy atom. The van der Waals surface area contributed by atoms with Gasteiger partial charge in [-0.2, -0.15) is 0 Å². The van der Waals surface area contributed by atoms with Crippen molar-refractivity contribution in [2.75, 3.05) is 25.1 Å². The van der Waals surface area contributed by atoms with Gasteiger partial charge >= 0.3 is 0 Å². The standard InChI is InChI=1S/C12H14ClN3O4/c13-7-1-2-8(11(14)16-18)9(5-7)15-12(17)10-6-19-3-4-20-10/h1-2,5,10,18H,3-4,6H2,(H2,14,16)(H,15,17). The van der Waals surface area contributed by atoms with Crippen molar-refractivity contribution in [2.24, 2.45) is 10.9 Å². The number of amides is 1. The maximum absolute atomic E-state index is 12.0. The fourth-order valence-electron chi connectivity index (χ4n) is 1.75. The molecule has 0 saturated carbocycles. The maximum atomic E-state index is 12.0. The molecule has 0 radical (unpaired) electrons. The van der Waals surface area contributed by atoms with E-state index in [9.17, 15) is 4.79 Å². The van der Waals surface area contributed by atoms with E-state index < -0.39 is 6.10 Å². The summed E-state index contributed by atoms with van der Waals surface area (Å²) in [5.74, 6) is -0.503. The minimum absolute atomic E-state index is 0.127. The van der Waals surface area contributed by atoms with Crippen LogP contribution in [0.1, 0.15) is 5.56 Å². The molecule has 1 heterocycles. The zero-order chi connectivity index (χ0) is 14.5. The Hall–Kier alpha value is -1.83. The van der Waals surface area contributed by atoms with Crippen LogP contribution in [0.3, 0.4) is 0 Å². The van der Waals surface area contributed by atoms with Gasteiger partial charge in [0.2, 0.25) is 0 Å². The average molecular weight is 300 g/mol. The van der Waals surface area contributed by atoms with Gasteiger partial charge in [-0.1, -0.05) is 16.8 Å². The number of hydrogen-bond acceptors (Lipinski definition) is 5. The summed E-state index contributed by atoms with van der Waals surface area (Å²) < 4.78 is 10.5. The van der Waals surface area contributed by atoms with Crippen LogP contribution < -0.4 is 11.1 Å². The molecule has 1 aromatic carbocycles. The molecule has 0 aliphatic carbocycles. The van der Waals surface area contributed by atoms with Crippen molar-refractivity contribution in [3.63, 3.8) is 0 Å². The molecule has 1 amide bonds. The summed E-state index contributed by atoms with van der Waals surface area (Å²) >= 11 is 5.88. The van der Waals surface area contributed by atoms with E-state index in [0.29, 0.717) is 29.5 Å². The number of nitrogens with zero attached hydrogens (tertiary/aromatic N) is 1. The predicted molar refractivity (Wildman–Crippen MR) is 73.2 cm³/mol. The summed E-state index contributed by atoms with van der Waals surface area (Å²) in [6.45, 7) is 1.02. The van der Waals surface area contributed by atoms with E-state index in [-0.39, 0.29) is 18.3 Å². The summed E-state index contributed by atoms with van der Waals surface area (Å²) in [6, 6.07) is 4.63. The maximum Gasteiger partial charge on any atom is 0.255 e. The number of benzene rings is 1. The molecule has 1 saturated heterocycles. The molecule has 0 aromatic heterocycles. The molecule has 1 aliphatic heterocycles. The van der Waals surface area contributed by atoms with Gasteiger partial charge in [0, 0.05) is 10.6 Å². The van der Waals surface area contributed by atoms with Gasteiger partial charge in [-0.3, -0.25) is 4.79 Å². The van der Waals surface area contributed by atoms with E-state index in [1.165, 1.54) is 6.07 Å². The Morgan fingerprint density at radius 3 is 2.95 bits per heavy atom. The van der Waals surface area contributed by atoms with Crippen molar-refractivity contribution in [1.29, 1.82) is 0 Å². The van der Waals surface area contributed by atoms with E-state index >= 15 is 0 Å². The van der Waals surface area contributed by atoms with E-state index in [1.54, 1.807) is 12.1 Å². The Kier molecular flexibility index (Phi) is 4.78. The Labute approximate surface area is 120 Å². The fraction of sp³-hybridized carbons (Fsp3) is 0.333. The van der Waals surface area contributed by atoms with Gasteiger partial charge < -0.3 is 25.7 Å². The predicted octanol–water partition coefficient (Wildman–Crippen LogP) is 0.788. The van der Waals surface area contributed by atoms with Gasteiger partial charge in [0.05, 0.1) is 25.5 Å². The van der Waals surface area contributed by atoms with Gasteiger partial charge in [-0.05, 0) is 18.2 Å². The number of amidine groups is 1. The number of nitrogens with two attached hydrogens (primary N) is 1. The lowest BCUT2D eigenvalue weighted by Gasteiger charge is -2.22. The zero-order valence-electron chi connectivity index (χ0n) is 10.5. The lowest BCUT2D eigenvalue weighted by Crippen LogP contribution is -2.39. The number of oxime groups is 1. The zero-order valence-corrected chi connectivity index (χ0v) is 11.3. The first-order valence-electron chi connectivity index (χ1n) is 5.89. The highest BCUT2D eigenvalue weighted by molar-refractivity contribution is 6.31. The summed E-state index contributed by atoms with van der Waals surface area (Å²) in [4.78, 5) is 12.0. The quantitative estimate of drug-likeness (QED) is 0.331. The molecule has 0 spiro atoms. The summed E-state index contributed by atoms with van der Waals surface area (Å²) in [7, 11) is 0. The van der Waals surface area contributed by atoms with Crippen LogP contribution in [-0.2, 0) is 14.3 Å². The number of halogens is 1. The second-order valence-corrected chi connectivity index (χ2v) is 4.54. The number of hydrogen-bond donors (Lipinski definition) is 3. The van der Waals surface area contributed by atoms with Crippen LogP contribution in [0.4, 0.5) is 5.69 Å². The largest absolute Gasteiger partial charge is 0.409 e. The Morgan fingerprint density at radius 2 is 2.30 bits per heavy atom. The lowest BCUT2D eigenvalue weighted by atomic mass is 10.1. The molecular weight excluding hydrogens is 286 g/mol. The molecule has 7 nitrogen and oxygen atoms in total. The minimum atomic E-state index is -0.692. The average Bonchev–Trinajstić information content (AvgIpc) is 2.47. The van der Waals surface area contributed by atoms with Crippen LogP contribution in [0.5, 0.6) is 0 Å². The number of rotatable bonds is 3. The highest BCUT2D eigenvalue weighted by Gasteiger charge is 2.23. The molecule has 20 heavy (non-hydrogen) atoms. The molecule has 4 N–H and O–H groups in total. The number of nitrogens with one attached hydrogen (secondary N) is 1. The minimum Gasteiger partial charge on any atom is -0.409 e. The van der Waals surface area contributed by atoms with Gasteiger partial charge in [0.1, 0.15) is 0 Å². The van der Waals surface area contributed by atoms with Crippen molar-refractivity contribution in [3.05, 3.63) is 28.8 Å². The topological polar surface area (TPSA) is 106 Å². The smallest absolute Gasteiger partial charge is 0.255 e. The highest BCUT2D eigenvalue weighted by atomic mass is 35.5. The van der Waals surface area contributed by atoms with Crippen LogP contribution in [0, 0.1) is 0 Å². The fourth-order valence-corrected chi connectivity index (χ4v) is 1.92. The number of anilines is 1. The van der Waals surface area contributed by atoms with Crippen molar-refractivity contribution in [1.82, 2.24) is 0 Å². The van der Waals surface area contributed by atoms with E-state index in [4.69, 9.17) is 32.0 Å². The molecule has 1 unspecified atom stereocenters. The molecule has 2 rings (SSSR count). The van der Waals surface area contributed by atoms with Gasteiger partial charge in [0.25, 0.3) is 5.91 Å². The van der Waals surface area contributed by atoms with Crippen LogP contribution in [0.15, 0.2) is 23.4 Å². The van der Waals surface area contributed by atoms with E-state index in [1.807, 2.05) is 0 Å². The monoisotopic (exact) mass is 299 g/mol. The molecule has 8 heteroatoms. The number of carbonyl (C=O) groups excluding carboxylic acids is 1. The number of carbonyl (C=O) groups is 1.